The van der Waals surface area contributed by atoms with Gasteiger partial charge in [0.1, 0.15) is 5.76 Å². The first kappa shape index (κ1) is 17.8. The maximum atomic E-state index is 8.94. The van der Waals surface area contributed by atoms with Gasteiger partial charge in [-0.15, -0.1) is 12.8 Å². The molecule has 1 nitrogen and oxygen atoms in total. The molecule has 0 aliphatic heterocycles. The molecule has 0 aromatic rings. The first-order chi connectivity index (χ1) is 6.20. The molecular formula is C12H22O. The van der Waals surface area contributed by atoms with Crippen LogP contribution < -0.4 is 0 Å². The number of hydrogen-bond donors (Lipinski definition) is 1. The minimum absolute atomic E-state index is 0.356. The first-order valence-corrected chi connectivity index (χ1v) is 4.56. The van der Waals surface area contributed by atoms with Gasteiger partial charge in [0.05, 0.1) is 0 Å². The summed E-state index contributed by atoms with van der Waals surface area (Å²) in [6.07, 6.45) is 12.5. The molecule has 13 heavy (non-hydrogen) atoms. The third-order valence-electron chi connectivity index (χ3n) is 1.25. The second-order valence-corrected chi connectivity index (χ2v) is 2.06. The molecule has 0 saturated carbocycles. The van der Waals surface area contributed by atoms with Crippen LogP contribution in [0.1, 0.15) is 41.0 Å². The lowest BCUT2D eigenvalue weighted by Crippen LogP contribution is -1.76. The summed E-state index contributed by atoms with van der Waals surface area (Å²) in [5.41, 5.74) is 1.20. The molecule has 0 aromatic carbocycles. The van der Waals surface area contributed by atoms with E-state index in [4.69, 9.17) is 5.11 Å². The molecule has 0 aromatic heterocycles. The van der Waals surface area contributed by atoms with Crippen LogP contribution in [0.3, 0.4) is 0 Å². The van der Waals surface area contributed by atoms with Crippen LogP contribution in [-0.2, 0) is 0 Å². The van der Waals surface area contributed by atoms with E-state index in [9.17, 15) is 0 Å². The van der Waals surface area contributed by atoms with Gasteiger partial charge in [0, 0.05) is 0 Å². The lowest BCUT2D eigenvalue weighted by molar-refractivity contribution is 0.430. The minimum Gasteiger partial charge on any atom is -0.508 e. The van der Waals surface area contributed by atoms with Crippen molar-refractivity contribution in [3.05, 3.63) is 23.5 Å². The van der Waals surface area contributed by atoms with Gasteiger partial charge in [0.2, 0.25) is 0 Å². The zero-order valence-corrected chi connectivity index (χ0v) is 9.46. The van der Waals surface area contributed by atoms with Gasteiger partial charge in [-0.3, -0.25) is 0 Å². The number of aliphatic hydroxyl groups is 1. The molecule has 76 valence electrons. The molecule has 0 radical (unpaired) electrons. The molecule has 0 amide bonds. The third-order valence-corrected chi connectivity index (χ3v) is 1.25. The molecule has 1 heteroatoms. The molecule has 0 spiro atoms. The van der Waals surface area contributed by atoms with Crippen molar-refractivity contribution in [1.82, 2.24) is 0 Å². The van der Waals surface area contributed by atoms with E-state index in [2.05, 4.69) is 19.8 Å². The standard InChI is InChI=1S/C8H14O.C2H6.C2H2/c1-4-7(3)6-8(9)5-2;2*1-2/h5-6,9H,4H2,1-3H3;1-2H3;1-2H/b7-6+,8-5+;;. The van der Waals surface area contributed by atoms with Crippen LogP contribution in [-0.4, -0.2) is 5.11 Å². The van der Waals surface area contributed by atoms with Crippen molar-refractivity contribution >= 4 is 0 Å². The fourth-order valence-electron chi connectivity index (χ4n) is 0.438. The van der Waals surface area contributed by atoms with Gasteiger partial charge in [0.25, 0.3) is 0 Å². The summed E-state index contributed by atoms with van der Waals surface area (Å²) in [7, 11) is 0. The first-order valence-electron chi connectivity index (χ1n) is 4.56. The number of hydrogen-bond acceptors (Lipinski definition) is 1. The Kier molecular flexibility index (Phi) is 23.4. The van der Waals surface area contributed by atoms with E-state index < -0.39 is 0 Å². The largest absolute Gasteiger partial charge is 0.508 e. The summed E-state index contributed by atoms with van der Waals surface area (Å²) < 4.78 is 0. The van der Waals surface area contributed by atoms with Crippen molar-refractivity contribution < 1.29 is 5.11 Å². The van der Waals surface area contributed by atoms with E-state index in [-0.39, 0.29) is 0 Å². The van der Waals surface area contributed by atoms with Crippen LogP contribution >= 0.6 is 0 Å². The summed E-state index contributed by atoms with van der Waals surface area (Å²) in [5, 5.41) is 8.94. The van der Waals surface area contributed by atoms with Crippen molar-refractivity contribution in [3.8, 4) is 12.8 Å². The Balaban J connectivity index is -0.000000218. The smallest absolute Gasteiger partial charge is 0.111 e. The molecule has 1 N–H and O–H groups in total. The average Bonchev–Trinajstić information content (AvgIpc) is 2.23. The molecule has 0 unspecified atom stereocenters. The summed E-state index contributed by atoms with van der Waals surface area (Å²) >= 11 is 0. The number of allylic oxidation sites excluding steroid dienone is 3. The summed E-state index contributed by atoms with van der Waals surface area (Å²) in [5.74, 6) is 0.356. The van der Waals surface area contributed by atoms with Crippen LogP contribution in [0.15, 0.2) is 23.5 Å². The van der Waals surface area contributed by atoms with Crippen molar-refractivity contribution in [2.75, 3.05) is 0 Å². The minimum atomic E-state index is 0.356. The summed E-state index contributed by atoms with van der Waals surface area (Å²) in [6, 6.07) is 0. The second kappa shape index (κ2) is 17.1. The topological polar surface area (TPSA) is 20.2 Å². The Morgan fingerprint density at radius 1 is 1.31 bits per heavy atom. The van der Waals surface area contributed by atoms with Gasteiger partial charge in [-0.2, -0.15) is 0 Å². The van der Waals surface area contributed by atoms with E-state index in [0.717, 1.165) is 6.42 Å². The van der Waals surface area contributed by atoms with Gasteiger partial charge in [-0.25, -0.2) is 0 Å². The Labute approximate surface area is 83.2 Å². The van der Waals surface area contributed by atoms with Gasteiger partial charge in [-0.05, 0) is 32.4 Å². The van der Waals surface area contributed by atoms with E-state index in [0.29, 0.717) is 5.76 Å². The highest BCUT2D eigenvalue weighted by Gasteiger charge is 1.84. The number of rotatable bonds is 2. The molecular weight excluding hydrogens is 160 g/mol. The molecule has 0 fully saturated rings. The monoisotopic (exact) mass is 182 g/mol. The van der Waals surface area contributed by atoms with Gasteiger partial charge >= 0.3 is 0 Å². The van der Waals surface area contributed by atoms with Crippen molar-refractivity contribution in [2.24, 2.45) is 0 Å². The number of terminal acetylenes is 1. The van der Waals surface area contributed by atoms with Crippen LogP contribution in [0.25, 0.3) is 0 Å². The SMILES string of the molecule is C#C.C/C=C(O)\C=C(/C)CC.CC. The predicted molar refractivity (Wildman–Crippen MR) is 61.7 cm³/mol. The number of aliphatic hydroxyl groups excluding tert-OH is 1. The Morgan fingerprint density at radius 2 is 1.69 bits per heavy atom. The molecule has 0 atom stereocenters. The molecule has 0 heterocycles. The zero-order chi connectivity index (χ0) is 11.3. The Morgan fingerprint density at radius 3 is 1.92 bits per heavy atom. The normalized spacial score (nSPS) is 10.4. The second-order valence-electron chi connectivity index (χ2n) is 2.06. The molecule has 0 rings (SSSR count). The highest BCUT2D eigenvalue weighted by molar-refractivity contribution is 5.14. The van der Waals surface area contributed by atoms with E-state index in [1.165, 1.54) is 5.57 Å². The fourth-order valence-corrected chi connectivity index (χ4v) is 0.438. The molecule has 0 aliphatic rings. The van der Waals surface area contributed by atoms with Gasteiger partial charge in [0.15, 0.2) is 0 Å². The highest BCUT2D eigenvalue weighted by atomic mass is 16.3. The lowest BCUT2D eigenvalue weighted by atomic mass is 10.2. The van der Waals surface area contributed by atoms with Crippen molar-refractivity contribution in [1.29, 1.82) is 0 Å². The van der Waals surface area contributed by atoms with E-state index >= 15 is 0 Å². The third kappa shape index (κ3) is 18.1. The van der Waals surface area contributed by atoms with Gasteiger partial charge in [-0.1, -0.05) is 26.3 Å². The lowest BCUT2D eigenvalue weighted by Gasteiger charge is -1.92. The molecule has 0 bridgehead atoms. The zero-order valence-electron chi connectivity index (χ0n) is 9.46. The van der Waals surface area contributed by atoms with Crippen LogP contribution in [0.2, 0.25) is 0 Å². The van der Waals surface area contributed by atoms with Crippen LogP contribution in [0.4, 0.5) is 0 Å². The van der Waals surface area contributed by atoms with Crippen LogP contribution in [0, 0.1) is 12.8 Å². The predicted octanol–water partition coefficient (Wildman–Crippen LogP) is 4.08. The van der Waals surface area contributed by atoms with Crippen LogP contribution in [0.5, 0.6) is 0 Å². The quantitative estimate of drug-likeness (QED) is 0.387. The van der Waals surface area contributed by atoms with E-state index in [1.54, 1.807) is 12.2 Å². The Hall–Kier alpha value is -1.16. The summed E-state index contributed by atoms with van der Waals surface area (Å²) in [4.78, 5) is 0. The van der Waals surface area contributed by atoms with E-state index in [1.807, 2.05) is 27.7 Å². The average molecular weight is 182 g/mol. The maximum Gasteiger partial charge on any atom is 0.111 e. The molecule has 0 saturated heterocycles. The highest BCUT2D eigenvalue weighted by Crippen LogP contribution is 2.01. The molecule has 0 aliphatic carbocycles. The van der Waals surface area contributed by atoms with Crippen molar-refractivity contribution in [2.45, 2.75) is 41.0 Å². The fraction of sp³-hybridized carbons (Fsp3) is 0.500. The van der Waals surface area contributed by atoms with Gasteiger partial charge < -0.3 is 5.11 Å². The Bertz CT molecular complexity index is 161. The maximum absolute atomic E-state index is 8.94. The summed E-state index contributed by atoms with van der Waals surface area (Å²) in [6.45, 7) is 9.88. The van der Waals surface area contributed by atoms with Crippen molar-refractivity contribution in [3.63, 3.8) is 0 Å².